The van der Waals surface area contributed by atoms with Gasteiger partial charge in [-0.05, 0) is 79.5 Å². The molecule has 6 heteroatoms. The molecular formula is C29H31N3O3. The lowest BCUT2D eigenvalue weighted by Crippen LogP contribution is -2.30. The summed E-state index contributed by atoms with van der Waals surface area (Å²) in [6, 6.07) is 23.1. The van der Waals surface area contributed by atoms with Crippen molar-refractivity contribution in [3.63, 3.8) is 0 Å². The van der Waals surface area contributed by atoms with Crippen molar-refractivity contribution in [1.29, 1.82) is 0 Å². The van der Waals surface area contributed by atoms with Gasteiger partial charge in [0.15, 0.2) is 0 Å². The van der Waals surface area contributed by atoms with Gasteiger partial charge in [-0.1, -0.05) is 42.5 Å². The van der Waals surface area contributed by atoms with E-state index in [1.54, 1.807) is 6.07 Å². The zero-order valence-corrected chi connectivity index (χ0v) is 19.8. The molecule has 0 spiro atoms. The topological polar surface area (TPSA) is 70.7 Å². The van der Waals surface area contributed by atoms with Crippen LogP contribution in [0.3, 0.4) is 0 Å². The standard InChI is InChI=1S/C29H31N3O3/c33-28(30-25-14-11-23(12-15-25)22-9-10-22)24-13-16-27(32-17-5-2-6-18-32)26(19-24)31-29(34)35-20-21-7-3-1-4-8-21/h1,3-4,7-8,11-16,19,22H,2,5-6,9-10,17-18,20H2,(H,30,33)(H,31,34). The highest BCUT2D eigenvalue weighted by atomic mass is 16.5. The maximum absolute atomic E-state index is 13.0. The zero-order valence-electron chi connectivity index (χ0n) is 19.8. The molecule has 1 heterocycles. The molecule has 1 aliphatic carbocycles. The Morgan fingerprint density at radius 1 is 0.857 bits per heavy atom. The minimum atomic E-state index is -0.541. The van der Waals surface area contributed by atoms with Crippen molar-refractivity contribution in [3.8, 4) is 0 Å². The highest BCUT2D eigenvalue weighted by Gasteiger charge is 2.23. The normalized spacial score (nSPS) is 15.4. The average molecular weight is 470 g/mol. The summed E-state index contributed by atoms with van der Waals surface area (Å²) in [5.74, 6) is 0.465. The molecule has 2 aliphatic rings. The molecule has 3 aromatic rings. The van der Waals surface area contributed by atoms with Gasteiger partial charge in [-0.2, -0.15) is 0 Å². The minimum Gasteiger partial charge on any atom is -0.444 e. The van der Waals surface area contributed by atoms with Crippen LogP contribution in [0.2, 0.25) is 0 Å². The predicted octanol–water partition coefficient (Wildman–Crippen LogP) is 6.56. The number of hydrogen-bond donors (Lipinski definition) is 2. The summed E-state index contributed by atoms with van der Waals surface area (Å²) >= 11 is 0. The van der Waals surface area contributed by atoms with Crippen LogP contribution in [0.15, 0.2) is 72.8 Å². The first-order valence-corrected chi connectivity index (χ1v) is 12.4. The van der Waals surface area contributed by atoms with Gasteiger partial charge >= 0.3 is 6.09 Å². The molecule has 1 saturated carbocycles. The molecule has 0 radical (unpaired) electrons. The number of nitrogens with one attached hydrogen (secondary N) is 2. The van der Waals surface area contributed by atoms with Gasteiger partial charge in [0.2, 0.25) is 0 Å². The van der Waals surface area contributed by atoms with E-state index >= 15 is 0 Å². The molecule has 0 bridgehead atoms. The summed E-state index contributed by atoms with van der Waals surface area (Å²) < 4.78 is 5.44. The molecule has 180 valence electrons. The van der Waals surface area contributed by atoms with Crippen LogP contribution in [0.1, 0.15) is 59.5 Å². The third kappa shape index (κ3) is 6.01. The molecule has 1 saturated heterocycles. The summed E-state index contributed by atoms with van der Waals surface area (Å²) in [6.45, 7) is 2.03. The number of benzene rings is 3. The number of anilines is 3. The second kappa shape index (κ2) is 10.6. The fourth-order valence-electron chi connectivity index (χ4n) is 4.52. The average Bonchev–Trinajstić information content (AvgIpc) is 3.75. The summed E-state index contributed by atoms with van der Waals surface area (Å²) in [5.41, 5.74) is 4.98. The Morgan fingerprint density at radius 2 is 1.60 bits per heavy atom. The Hall–Kier alpha value is -3.80. The van der Waals surface area contributed by atoms with Crippen molar-refractivity contribution in [2.24, 2.45) is 0 Å². The number of piperidine rings is 1. The fourth-order valence-corrected chi connectivity index (χ4v) is 4.52. The number of ether oxygens (including phenoxy) is 1. The highest BCUT2D eigenvalue weighted by molar-refractivity contribution is 6.06. The van der Waals surface area contributed by atoms with Crippen LogP contribution in [0.5, 0.6) is 0 Å². The largest absolute Gasteiger partial charge is 0.444 e. The quantitative estimate of drug-likeness (QED) is 0.411. The molecule has 3 aromatic carbocycles. The van der Waals surface area contributed by atoms with Gasteiger partial charge in [-0.15, -0.1) is 0 Å². The van der Waals surface area contributed by atoms with Crippen molar-refractivity contribution in [3.05, 3.63) is 89.5 Å². The molecule has 2 fully saturated rings. The SMILES string of the molecule is O=C(Nc1cc(C(=O)Nc2ccc(C3CC3)cc2)ccc1N1CCCCC1)OCc1ccccc1. The summed E-state index contributed by atoms with van der Waals surface area (Å²) in [6.07, 6.45) is 5.38. The monoisotopic (exact) mass is 469 g/mol. The molecular weight excluding hydrogens is 438 g/mol. The van der Waals surface area contributed by atoms with Crippen molar-refractivity contribution < 1.29 is 14.3 Å². The number of carbonyl (C=O) groups excluding carboxylic acids is 2. The Morgan fingerprint density at radius 3 is 2.31 bits per heavy atom. The van der Waals surface area contributed by atoms with Gasteiger partial charge in [0.25, 0.3) is 5.91 Å². The third-order valence-electron chi connectivity index (χ3n) is 6.62. The van der Waals surface area contributed by atoms with Gasteiger partial charge in [-0.3, -0.25) is 10.1 Å². The minimum absolute atomic E-state index is 0.183. The van der Waals surface area contributed by atoms with Gasteiger partial charge in [-0.25, -0.2) is 4.79 Å². The molecule has 2 N–H and O–H groups in total. The smallest absolute Gasteiger partial charge is 0.412 e. The van der Waals surface area contributed by atoms with Gasteiger partial charge < -0.3 is 15.0 Å². The second-order valence-electron chi connectivity index (χ2n) is 9.32. The molecule has 6 nitrogen and oxygen atoms in total. The van der Waals surface area contributed by atoms with Crippen LogP contribution in [0.25, 0.3) is 0 Å². The van der Waals surface area contributed by atoms with E-state index in [9.17, 15) is 9.59 Å². The fraction of sp³-hybridized carbons (Fsp3) is 0.310. The number of nitrogens with zero attached hydrogens (tertiary/aromatic N) is 1. The lowest BCUT2D eigenvalue weighted by atomic mass is 10.1. The van der Waals surface area contributed by atoms with Crippen LogP contribution < -0.4 is 15.5 Å². The van der Waals surface area contributed by atoms with E-state index in [4.69, 9.17) is 4.74 Å². The van der Waals surface area contributed by atoms with Gasteiger partial charge in [0.1, 0.15) is 6.61 Å². The van der Waals surface area contributed by atoms with Crippen molar-refractivity contribution in [1.82, 2.24) is 0 Å². The van der Waals surface area contributed by atoms with Crippen molar-refractivity contribution in [2.75, 3.05) is 28.6 Å². The summed E-state index contributed by atoms with van der Waals surface area (Å²) in [4.78, 5) is 27.9. The molecule has 5 rings (SSSR count). The second-order valence-corrected chi connectivity index (χ2v) is 9.32. The first-order chi connectivity index (χ1) is 17.2. The van der Waals surface area contributed by atoms with Crippen LogP contribution >= 0.6 is 0 Å². The molecule has 0 unspecified atom stereocenters. The van der Waals surface area contributed by atoms with E-state index in [1.165, 1.54) is 24.8 Å². The number of hydrogen-bond acceptors (Lipinski definition) is 4. The van der Waals surface area contributed by atoms with Crippen molar-refractivity contribution >= 4 is 29.1 Å². The van der Waals surface area contributed by atoms with Crippen LogP contribution in [0, 0.1) is 0 Å². The first-order valence-electron chi connectivity index (χ1n) is 12.4. The number of rotatable bonds is 7. The third-order valence-corrected chi connectivity index (χ3v) is 6.62. The Bertz CT molecular complexity index is 1170. The number of carbonyl (C=O) groups is 2. The van der Waals surface area contributed by atoms with E-state index in [0.29, 0.717) is 17.2 Å². The van der Waals surface area contributed by atoms with Crippen LogP contribution in [-0.4, -0.2) is 25.1 Å². The number of amides is 2. The van der Waals surface area contributed by atoms with E-state index in [2.05, 4.69) is 27.7 Å². The predicted molar refractivity (Wildman–Crippen MR) is 139 cm³/mol. The molecule has 35 heavy (non-hydrogen) atoms. The Labute approximate surface area is 206 Å². The van der Waals surface area contributed by atoms with E-state index in [1.807, 2.05) is 54.6 Å². The zero-order chi connectivity index (χ0) is 24.0. The maximum Gasteiger partial charge on any atom is 0.412 e. The van der Waals surface area contributed by atoms with Gasteiger partial charge in [0, 0.05) is 24.3 Å². The summed E-state index contributed by atoms with van der Waals surface area (Å²) in [7, 11) is 0. The van der Waals surface area contributed by atoms with Gasteiger partial charge in [0.05, 0.1) is 11.4 Å². The highest BCUT2D eigenvalue weighted by Crippen LogP contribution is 2.40. The van der Waals surface area contributed by atoms with Crippen molar-refractivity contribution in [2.45, 2.75) is 44.6 Å². The van der Waals surface area contributed by atoms with Crippen LogP contribution in [-0.2, 0) is 11.3 Å². The molecule has 2 amide bonds. The molecule has 0 atom stereocenters. The lowest BCUT2D eigenvalue weighted by molar-refractivity contribution is 0.102. The first kappa shape index (κ1) is 23.0. The van der Waals surface area contributed by atoms with E-state index in [0.717, 1.165) is 42.9 Å². The van der Waals surface area contributed by atoms with Crippen LogP contribution in [0.4, 0.5) is 21.9 Å². The van der Waals surface area contributed by atoms with E-state index < -0.39 is 6.09 Å². The summed E-state index contributed by atoms with van der Waals surface area (Å²) in [5, 5.41) is 5.86. The Kier molecular flexibility index (Phi) is 6.98. The molecule has 0 aromatic heterocycles. The maximum atomic E-state index is 13.0. The van der Waals surface area contributed by atoms with E-state index in [-0.39, 0.29) is 12.5 Å². The lowest BCUT2D eigenvalue weighted by Gasteiger charge is -2.30. The molecule has 1 aliphatic heterocycles. The Balaban J connectivity index is 1.31.